The third kappa shape index (κ3) is 4.12. The normalized spacial score (nSPS) is 10.8. The molecule has 0 unspecified atom stereocenters. The number of phenolic OH excluding ortho intramolecular Hbond substituents is 1. The van der Waals surface area contributed by atoms with Crippen LogP contribution in [0.1, 0.15) is 11.3 Å². The predicted octanol–water partition coefficient (Wildman–Crippen LogP) is 4.62. The van der Waals surface area contributed by atoms with Gasteiger partial charge in [0.25, 0.3) is 0 Å². The standard InChI is InChI=1S/C20H13F2N5OS/c21-13-5-14(22)7-15(6-13)25-19-8-16(11-29-18-3-1-17(28)2-4-18)26-20-12(9-23)10-24-27(19)20/h1-8,10,25,28H,11H2. The molecule has 144 valence electrons. The van der Waals surface area contributed by atoms with Crippen LogP contribution in [0.2, 0.25) is 0 Å². The van der Waals surface area contributed by atoms with Crippen molar-refractivity contribution in [2.75, 3.05) is 5.32 Å². The van der Waals surface area contributed by atoms with Crippen LogP contribution in [0, 0.1) is 23.0 Å². The zero-order valence-corrected chi connectivity index (χ0v) is 15.6. The summed E-state index contributed by atoms with van der Waals surface area (Å²) in [5, 5.41) is 25.8. The molecule has 9 heteroatoms. The van der Waals surface area contributed by atoms with Crippen molar-refractivity contribution in [1.29, 1.82) is 5.26 Å². The number of fused-ring (bicyclic) bond motifs is 1. The van der Waals surface area contributed by atoms with Gasteiger partial charge in [-0.2, -0.15) is 14.9 Å². The van der Waals surface area contributed by atoms with Crippen LogP contribution in [0.15, 0.2) is 59.6 Å². The lowest BCUT2D eigenvalue weighted by Crippen LogP contribution is -2.04. The molecule has 2 aromatic heterocycles. The number of halogens is 2. The Morgan fingerprint density at radius 2 is 1.83 bits per heavy atom. The molecule has 29 heavy (non-hydrogen) atoms. The third-order valence-electron chi connectivity index (χ3n) is 4.00. The number of nitrogens with zero attached hydrogens (tertiary/aromatic N) is 4. The first kappa shape index (κ1) is 18.7. The molecule has 2 aromatic carbocycles. The molecule has 6 nitrogen and oxygen atoms in total. The summed E-state index contributed by atoms with van der Waals surface area (Å²) in [5.41, 5.74) is 1.48. The van der Waals surface area contributed by atoms with Gasteiger partial charge in [-0.05, 0) is 36.4 Å². The highest BCUT2D eigenvalue weighted by Crippen LogP contribution is 2.27. The highest BCUT2D eigenvalue weighted by Gasteiger charge is 2.13. The fourth-order valence-corrected chi connectivity index (χ4v) is 3.52. The summed E-state index contributed by atoms with van der Waals surface area (Å²) >= 11 is 1.49. The van der Waals surface area contributed by atoms with Crippen molar-refractivity contribution in [2.24, 2.45) is 0 Å². The average Bonchev–Trinajstić information content (AvgIpc) is 3.10. The molecule has 2 N–H and O–H groups in total. The van der Waals surface area contributed by atoms with E-state index in [1.165, 1.54) is 22.5 Å². The van der Waals surface area contributed by atoms with E-state index < -0.39 is 11.6 Å². The van der Waals surface area contributed by atoms with Crippen LogP contribution in [0.4, 0.5) is 20.3 Å². The largest absolute Gasteiger partial charge is 0.508 e. The molecule has 0 aliphatic rings. The number of hydrogen-bond acceptors (Lipinski definition) is 6. The van der Waals surface area contributed by atoms with Crippen LogP contribution in [-0.4, -0.2) is 19.7 Å². The molecule has 0 saturated heterocycles. The second kappa shape index (κ2) is 7.77. The number of benzene rings is 2. The SMILES string of the molecule is N#Cc1cnn2c(Nc3cc(F)cc(F)c3)cc(CSc3ccc(O)cc3)nc12. The van der Waals surface area contributed by atoms with Gasteiger partial charge in [-0.3, -0.25) is 0 Å². The predicted molar refractivity (Wildman–Crippen MR) is 105 cm³/mol. The molecule has 0 spiro atoms. The van der Waals surface area contributed by atoms with Gasteiger partial charge in [0.2, 0.25) is 0 Å². The molecule has 0 aliphatic carbocycles. The number of nitriles is 1. The lowest BCUT2D eigenvalue weighted by Gasteiger charge is -2.11. The first-order chi connectivity index (χ1) is 14.0. The minimum Gasteiger partial charge on any atom is -0.508 e. The zero-order valence-electron chi connectivity index (χ0n) is 14.8. The Morgan fingerprint density at radius 3 is 2.52 bits per heavy atom. The summed E-state index contributed by atoms with van der Waals surface area (Å²) in [7, 11) is 0. The van der Waals surface area contributed by atoms with E-state index >= 15 is 0 Å². The smallest absolute Gasteiger partial charge is 0.175 e. The quantitative estimate of drug-likeness (QED) is 0.468. The maximum Gasteiger partial charge on any atom is 0.175 e. The number of phenols is 1. The number of nitrogens with one attached hydrogen (secondary N) is 1. The van der Waals surface area contributed by atoms with E-state index in [1.807, 2.05) is 6.07 Å². The van der Waals surface area contributed by atoms with Crippen molar-refractivity contribution in [1.82, 2.24) is 14.6 Å². The Hall–Kier alpha value is -3.64. The molecule has 0 fully saturated rings. The van der Waals surface area contributed by atoms with Gasteiger partial charge in [0.15, 0.2) is 5.65 Å². The van der Waals surface area contributed by atoms with Crippen molar-refractivity contribution >= 4 is 28.9 Å². The Morgan fingerprint density at radius 1 is 1.10 bits per heavy atom. The second-order valence-corrected chi connectivity index (χ2v) is 7.15. The van der Waals surface area contributed by atoms with Gasteiger partial charge in [0, 0.05) is 28.5 Å². The van der Waals surface area contributed by atoms with E-state index in [4.69, 9.17) is 0 Å². The number of aromatic hydroxyl groups is 1. The Bertz CT molecular complexity index is 1210. The summed E-state index contributed by atoms with van der Waals surface area (Å²) in [6.07, 6.45) is 1.39. The van der Waals surface area contributed by atoms with E-state index in [1.54, 1.807) is 30.3 Å². The molecular formula is C20H13F2N5OS. The van der Waals surface area contributed by atoms with Crippen molar-refractivity contribution in [3.63, 3.8) is 0 Å². The molecule has 0 atom stereocenters. The minimum atomic E-state index is -0.709. The van der Waals surface area contributed by atoms with E-state index in [2.05, 4.69) is 15.4 Å². The van der Waals surface area contributed by atoms with Crippen LogP contribution in [0.5, 0.6) is 5.75 Å². The van der Waals surface area contributed by atoms with E-state index in [0.717, 1.165) is 23.1 Å². The summed E-state index contributed by atoms with van der Waals surface area (Å²) < 4.78 is 28.5. The Labute approximate surface area is 168 Å². The number of anilines is 2. The Balaban J connectivity index is 1.69. The number of aromatic nitrogens is 3. The highest BCUT2D eigenvalue weighted by molar-refractivity contribution is 7.98. The van der Waals surface area contributed by atoms with Gasteiger partial charge in [0.05, 0.1) is 11.9 Å². The van der Waals surface area contributed by atoms with E-state index in [-0.39, 0.29) is 17.0 Å². The molecule has 0 radical (unpaired) electrons. The summed E-state index contributed by atoms with van der Waals surface area (Å²) in [6, 6.07) is 13.6. The Kier molecular flexibility index (Phi) is 5.01. The monoisotopic (exact) mass is 409 g/mol. The first-order valence-corrected chi connectivity index (χ1v) is 9.43. The van der Waals surface area contributed by atoms with Gasteiger partial charge >= 0.3 is 0 Å². The lowest BCUT2D eigenvalue weighted by molar-refractivity contribution is 0.475. The van der Waals surface area contributed by atoms with Crippen molar-refractivity contribution in [3.8, 4) is 11.8 Å². The van der Waals surface area contributed by atoms with Gasteiger partial charge in [-0.15, -0.1) is 11.8 Å². The van der Waals surface area contributed by atoms with E-state index in [0.29, 0.717) is 22.9 Å². The fraction of sp³-hybridized carbons (Fsp3) is 0.0500. The highest BCUT2D eigenvalue weighted by atomic mass is 32.2. The topological polar surface area (TPSA) is 86.2 Å². The lowest BCUT2D eigenvalue weighted by atomic mass is 10.3. The molecule has 0 aliphatic heterocycles. The van der Waals surface area contributed by atoms with Crippen molar-refractivity contribution < 1.29 is 13.9 Å². The minimum absolute atomic E-state index is 0.181. The molecule has 4 rings (SSSR count). The van der Waals surface area contributed by atoms with Gasteiger partial charge in [0.1, 0.15) is 34.8 Å². The molecule has 0 amide bonds. The number of thioether (sulfide) groups is 1. The van der Waals surface area contributed by atoms with Crippen LogP contribution in [0.3, 0.4) is 0 Å². The summed E-state index contributed by atoms with van der Waals surface area (Å²) in [4.78, 5) is 5.43. The first-order valence-electron chi connectivity index (χ1n) is 8.44. The van der Waals surface area contributed by atoms with E-state index in [9.17, 15) is 19.1 Å². The molecule has 2 heterocycles. The molecule has 4 aromatic rings. The third-order valence-corrected chi connectivity index (χ3v) is 5.05. The van der Waals surface area contributed by atoms with Crippen LogP contribution in [-0.2, 0) is 5.75 Å². The number of rotatable bonds is 5. The summed E-state index contributed by atoms with van der Waals surface area (Å²) in [5.74, 6) is -0.342. The average molecular weight is 409 g/mol. The maximum absolute atomic E-state index is 13.5. The second-order valence-electron chi connectivity index (χ2n) is 6.10. The van der Waals surface area contributed by atoms with Crippen molar-refractivity contribution in [3.05, 3.63) is 77.6 Å². The molecular weight excluding hydrogens is 396 g/mol. The van der Waals surface area contributed by atoms with Gasteiger partial charge < -0.3 is 10.4 Å². The van der Waals surface area contributed by atoms with Crippen LogP contribution in [0.25, 0.3) is 5.65 Å². The maximum atomic E-state index is 13.5. The summed E-state index contributed by atoms with van der Waals surface area (Å²) in [6.45, 7) is 0. The van der Waals surface area contributed by atoms with Gasteiger partial charge in [-0.25, -0.2) is 13.8 Å². The number of hydrogen-bond donors (Lipinski definition) is 2. The van der Waals surface area contributed by atoms with Crippen LogP contribution < -0.4 is 5.32 Å². The van der Waals surface area contributed by atoms with Crippen LogP contribution >= 0.6 is 11.8 Å². The molecule has 0 bridgehead atoms. The molecule has 0 saturated carbocycles. The fourth-order valence-electron chi connectivity index (χ4n) is 2.73. The van der Waals surface area contributed by atoms with Gasteiger partial charge in [-0.1, -0.05) is 0 Å². The van der Waals surface area contributed by atoms with Crippen molar-refractivity contribution in [2.45, 2.75) is 10.6 Å². The zero-order chi connectivity index (χ0) is 20.4.